The summed E-state index contributed by atoms with van der Waals surface area (Å²) in [6, 6.07) is 4.86. The molecule has 0 spiro atoms. The minimum atomic E-state index is -0.412. The summed E-state index contributed by atoms with van der Waals surface area (Å²) in [6.45, 7) is 0. The molecular formula is C9H7BrFNO. The van der Waals surface area contributed by atoms with Gasteiger partial charge >= 0.3 is 0 Å². The molecule has 0 saturated carbocycles. The third kappa shape index (κ3) is 2.19. The van der Waals surface area contributed by atoms with Crippen molar-refractivity contribution in [1.82, 2.24) is 0 Å². The molecule has 13 heavy (non-hydrogen) atoms. The van der Waals surface area contributed by atoms with Crippen LogP contribution in [0.3, 0.4) is 0 Å². The minimum absolute atomic E-state index is 0.161. The zero-order valence-electron chi connectivity index (χ0n) is 6.97. The molecular weight excluding hydrogens is 237 g/mol. The lowest BCUT2D eigenvalue weighted by Crippen LogP contribution is -1.91. The first-order chi connectivity index (χ1) is 6.19. The molecule has 0 radical (unpaired) electrons. The molecule has 0 N–H and O–H groups in total. The average Bonchev–Trinajstić information content (AvgIpc) is 2.13. The molecule has 0 aliphatic rings. The summed E-state index contributed by atoms with van der Waals surface area (Å²) in [5, 5.41) is 8.46. The molecule has 68 valence electrons. The molecule has 0 bridgehead atoms. The van der Waals surface area contributed by atoms with Gasteiger partial charge in [0.1, 0.15) is 11.6 Å². The zero-order chi connectivity index (χ0) is 9.84. The van der Waals surface area contributed by atoms with E-state index in [0.29, 0.717) is 15.8 Å². The molecule has 0 atom stereocenters. The third-order valence-corrected chi connectivity index (χ3v) is 2.47. The predicted molar refractivity (Wildman–Crippen MR) is 50.0 cm³/mol. The highest BCUT2D eigenvalue weighted by Crippen LogP contribution is 2.26. The number of methoxy groups -OCH3 is 1. The fourth-order valence-electron chi connectivity index (χ4n) is 0.950. The van der Waals surface area contributed by atoms with Gasteiger partial charge in [0.25, 0.3) is 0 Å². The largest absolute Gasteiger partial charge is 0.497 e. The Morgan fingerprint density at radius 3 is 2.85 bits per heavy atom. The highest BCUT2D eigenvalue weighted by molar-refractivity contribution is 9.10. The molecule has 0 aliphatic heterocycles. The molecule has 0 fully saturated rings. The molecule has 0 saturated heterocycles. The van der Waals surface area contributed by atoms with E-state index in [4.69, 9.17) is 10.00 Å². The zero-order valence-corrected chi connectivity index (χ0v) is 8.56. The Hall–Kier alpha value is -1.08. The van der Waals surface area contributed by atoms with Gasteiger partial charge in [-0.3, -0.25) is 0 Å². The van der Waals surface area contributed by atoms with Crippen molar-refractivity contribution in [3.8, 4) is 11.8 Å². The van der Waals surface area contributed by atoms with Gasteiger partial charge in [-0.1, -0.05) is 0 Å². The number of nitriles is 1. The summed E-state index contributed by atoms with van der Waals surface area (Å²) in [5.74, 6) is 0.00977. The summed E-state index contributed by atoms with van der Waals surface area (Å²) >= 11 is 3.06. The van der Waals surface area contributed by atoms with Crippen LogP contribution in [0.5, 0.6) is 5.75 Å². The van der Waals surface area contributed by atoms with E-state index in [0.717, 1.165) is 0 Å². The van der Waals surface area contributed by atoms with E-state index >= 15 is 0 Å². The lowest BCUT2D eigenvalue weighted by molar-refractivity contribution is 0.410. The van der Waals surface area contributed by atoms with E-state index in [9.17, 15) is 4.39 Å². The Balaban J connectivity index is 3.18. The normalized spacial score (nSPS) is 9.38. The Labute approximate surface area is 84.1 Å². The SMILES string of the molecule is COc1cc(F)c(Br)c(CC#N)c1. The maximum atomic E-state index is 13.1. The number of hydrogen-bond acceptors (Lipinski definition) is 2. The van der Waals surface area contributed by atoms with Gasteiger partial charge in [0.05, 0.1) is 24.1 Å². The van der Waals surface area contributed by atoms with E-state index in [1.54, 1.807) is 6.07 Å². The van der Waals surface area contributed by atoms with E-state index < -0.39 is 5.82 Å². The number of halogens is 2. The average molecular weight is 244 g/mol. The number of nitrogens with zero attached hydrogens (tertiary/aromatic N) is 1. The summed E-state index contributed by atoms with van der Waals surface area (Å²) in [6.07, 6.45) is 0.161. The Kier molecular flexibility index (Phi) is 3.26. The van der Waals surface area contributed by atoms with Gasteiger partial charge in [-0.05, 0) is 27.6 Å². The van der Waals surface area contributed by atoms with E-state index in [2.05, 4.69) is 15.9 Å². The van der Waals surface area contributed by atoms with Crippen LogP contribution in [0.25, 0.3) is 0 Å². The Bertz CT molecular complexity index is 359. The number of benzene rings is 1. The van der Waals surface area contributed by atoms with E-state index in [1.807, 2.05) is 6.07 Å². The second-order valence-corrected chi connectivity index (χ2v) is 3.21. The van der Waals surface area contributed by atoms with Gasteiger partial charge in [0.15, 0.2) is 0 Å². The fourth-order valence-corrected chi connectivity index (χ4v) is 1.32. The smallest absolute Gasteiger partial charge is 0.141 e. The summed E-state index contributed by atoms with van der Waals surface area (Å²) in [7, 11) is 1.46. The second-order valence-electron chi connectivity index (χ2n) is 2.42. The quantitative estimate of drug-likeness (QED) is 0.801. The van der Waals surface area contributed by atoms with E-state index in [-0.39, 0.29) is 6.42 Å². The highest BCUT2D eigenvalue weighted by atomic mass is 79.9. The maximum absolute atomic E-state index is 13.1. The van der Waals surface area contributed by atoms with E-state index in [1.165, 1.54) is 13.2 Å². The van der Waals surface area contributed by atoms with Crippen molar-refractivity contribution in [2.24, 2.45) is 0 Å². The van der Waals surface area contributed by atoms with Gasteiger partial charge in [-0.25, -0.2) is 4.39 Å². The minimum Gasteiger partial charge on any atom is -0.497 e. The Morgan fingerprint density at radius 1 is 1.62 bits per heavy atom. The molecule has 4 heteroatoms. The van der Waals surface area contributed by atoms with Crippen molar-refractivity contribution < 1.29 is 9.13 Å². The molecule has 0 heterocycles. The van der Waals surface area contributed by atoms with Crippen LogP contribution >= 0.6 is 15.9 Å². The van der Waals surface area contributed by atoms with Gasteiger partial charge in [0.2, 0.25) is 0 Å². The maximum Gasteiger partial charge on any atom is 0.141 e. The van der Waals surface area contributed by atoms with Crippen LogP contribution in [0.2, 0.25) is 0 Å². The molecule has 1 rings (SSSR count). The first-order valence-electron chi connectivity index (χ1n) is 3.58. The number of ether oxygens (including phenoxy) is 1. The Morgan fingerprint density at radius 2 is 2.31 bits per heavy atom. The van der Waals surface area contributed by atoms with Crippen molar-refractivity contribution >= 4 is 15.9 Å². The van der Waals surface area contributed by atoms with Crippen molar-refractivity contribution in [3.05, 3.63) is 28.0 Å². The van der Waals surface area contributed by atoms with Crippen LogP contribution in [0.4, 0.5) is 4.39 Å². The van der Waals surface area contributed by atoms with Gasteiger partial charge in [0, 0.05) is 6.07 Å². The van der Waals surface area contributed by atoms with Crippen LogP contribution in [-0.2, 0) is 6.42 Å². The standard InChI is InChI=1S/C9H7BrFNO/c1-13-7-4-6(2-3-12)9(10)8(11)5-7/h4-5H,2H2,1H3. The summed E-state index contributed by atoms with van der Waals surface area (Å²) < 4.78 is 18.3. The molecule has 1 aromatic carbocycles. The molecule has 0 amide bonds. The molecule has 0 unspecified atom stereocenters. The highest BCUT2D eigenvalue weighted by Gasteiger charge is 2.08. The van der Waals surface area contributed by atoms with Crippen LogP contribution in [0.1, 0.15) is 5.56 Å². The first kappa shape index (κ1) is 10.0. The van der Waals surface area contributed by atoms with Gasteiger partial charge in [-0.15, -0.1) is 0 Å². The lowest BCUT2D eigenvalue weighted by atomic mass is 10.1. The molecule has 0 aliphatic carbocycles. The van der Waals surface area contributed by atoms with Crippen molar-refractivity contribution in [2.45, 2.75) is 6.42 Å². The number of hydrogen-bond donors (Lipinski definition) is 0. The topological polar surface area (TPSA) is 33.0 Å². The third-order valence-electron chi connectivity index (χ3n) is 1.58. The van der Waals surface area contributed by atoms with Gasteiger partial charge < -0.3 is 4.74 Å². The molecule has 2 nitrogen and oxygen atoms in total. The first-order valence-corrected chi connectivity index (χ1v) is 4.37. The van der Waals surface area contributed by atoms with Crippen LogP contribution in [0, 0.1) is 17.1 Å². The van der Waals surface area contributed by atoms with Crippen molar-refractivity contribution in [2.75, 3.05) is 7.11 Å². The van der Waals surface area contributed by atoms with Crippen LogP contribution in [0.15, 0.2) is 16.6 Å². The molecule has 1 aromatic rings. The predicted octanol–water partition coefficient (Wildman–Crippen LogP) is 2.66. The summed E-state index contributed by atoms with van der Waals surface area (Å²) in [4.78, 5) is 0. The lowest BCUT2D eigenvalue weighted by Gasteiger charge is -2.05. The second kappa shape index (κ2) is 4.24. The fraction of sp³-hybridized carbons (Fsp3) is 0.222. The van der Waals surface area contributed by atoms with Crippen LogP contribution < -0.4 is 4.74 Å². The van der Waals surface area contributed by atoms with Crippen molar-refractivity contribution in [1.29, 1.82) is 5.26 Å². The monoisotopic (exact) mass is 243 g/mol. The summed E-state index contributed by atoms with van der Waals surface area (Å²) in [5.41, 5.74) is 0.597. The van der Waals surface area contributed by atoms with Gasteiger partial charge in [-0.2, -0.15) is 5.26 Å². The van der Waals surface area contributed by atoms with Crippen LogP contribution in [-0.4, -0.2) is 7.11 Å². The van der Waals surface area contributed by atoms with Crippen molar-refractivity contribution in [3.63, 3.8) is 0 Å². The molecule has 0 aromatic heterocycles. The number of rotatable bonds is 2.